The summed E-state index contributed by atoms with van der Waals surface area (Å²) in [6, 6.07) is 0.238. The number of hydrogen-bond donors (Lipinski definition) is 7. The van der Waals surface area contributed by atoms with Crippen LogP contribution in [0, 0.1) is 35.5 Å². The number of likely N-dealkylation sites (N-methyl/N-ethyl adjacent to an activating group) is 2. The Balaban J connectivity index is 1.34. The summed E-state index contributed by atoms with van der Waals surface area (Å²) in [6.07, 6.45) is 13.0. The van der Waals surface area contributed by atoms with Gasteiger partial charge in [0.25, 0.3) is 11.8 Å². The maximum Gasteiger partial charge on any atom is 0.410 e. The number of allylic oxidation sites excluding steroid dienone is 3. The van der Waals surface area contributed by atoms with Crippen LogP contribution < -0.4 is 37.6 Å². The molecule has 1 fully saturated rings. The Morgan fingerprint density at radius 1 is 0.753 bits per heavy atom. The SMILES string of the molecule is CC[C@H](C)[C@@H]([C@@H](CC(=O)N1CCC(C[C@H](OC)[C@@H](C)C(=S)N[C@@H](CC2=CC=CCC2)C(=O)OC)C1)OC)N(C)C(=O)[C@@H](NC(=O)[C@H](C(C)C)N(C)C(=O)OCc1ccc(NC(=O)[C@H](CCCNC(N)=O)NC(=O)[C@@H](NC(=O)CCCCCN2C(=O)C=CC2=O)C(C)C)cc1)C(C)C. The fourth-order valence-electron chi connectivity index (χ4n) is 12.4. The first-order chi connectivity index (χ1) is 46.0. The number of nitrogens with zero attached hydrogens (tertiary/aromatic N) is 4. The maximum atomic E-state index is 14.8. The third-order valence-corrected chi connectivity index (χ3v) is 18.9. The number of carbonyl (C=O) groups excluding carboxylic acids is 11. The molecule has 1 saturated heterocycles. The molecule has 0 radical (unpaired) electrons. The second-order valence-corrected chi connectivity index (χ2v) is 27.1. The van der Waals surface area contributed by atoms with Gasteiger partial charge in [-0.15, -0.1) is 0 Å². The number of nitrogens with two attached hydrogens (primary N) is 1. The van der Waals surface area contributed by atoms with Gasteiger partial charge in [-0.2, -0.15) is 0 Å². The van der Waals surface area contributed by atoms with Gasteiger partial charge in [0.2, 0.25) is 35.4 Å². The van der Waals surface area contributed by atoms with Crippen LogP contribution in [0.5, 0.6) is 0 Å². The zero-order valence-electron chi connectivity index (χ0n) is 59.4. The first-order valence-electron chi connectivity index (χ1n) is 34.1. The Hall–Kier alpha value is -7.78. The van der Waals surface area contributed by atoms with Gasteiger partial charge in [-0.3, -0.25) is 48.2 Å². The highest BCUT2D eigenvalue weighted by Gasteiger charge is 2.42. The number of anilines is 1. The van der Waals surface area contributed by atoms with Crippen LogP contribution in [-0.2, 0) is 68.7 Å². The van der Waals surface area contributed by atoms with E-state index < -0.39 is 95.9 Å². The molecule has 0 saturated carbocycles. The zero-order valence-corrected chi connectivity index (χ0v) is 60.2. The summed E-state index contributed by atoms with van der Waals surface area (Å²) in [5.74, 6) is -5.26. The number of urea groups is 1. The number of ether oxygens (including phenoxy) is 4. The standard InChI is InChI=1S/C70H109N11O15S/c1-15-45(8)62(54(94-13)39-58(85)80-36-33-49(40-80)38-53(93-12)46(9)66(97)75-52(68(90)95-14)37-47-23-18-16-19-24-47)78(10)67(89)60(43(4)5)77-65(88)61(44(6)7)79(11)70(92)96-41-48-27-29-50(30-28-48)73-63(86)51(25-22-34-72-69(71)91)74-64(87)59(42(2)3)76-55(82)26-20-17-21-35-81-56(83)31-32-57(81)84/h16,18,23,27-32,42-46,49,51-54,59-62H,15,17,19-22,24-26,33-41H2,1-14H3,(H,73,86)(H,74,87)(H,75,97)(H,76,82)(H,77,88)(H3,71,72,91)/t45-,46+,49?,51-,52-,53-,54+,59-,60-,61-,62-/m0/s1. The second kappa shape index (κ2) is 40.8. The van der Waals surface area contributed by atoms with Crippen LogP contribution in [0.1, 0.15) is 151 Å². The fraction of sp³-hybridized carbons (Fsp3) is 0.657. The van der Waals surface area contributed by atoms with Gasteiger partial charge < -0.3 is 66.4 Å². The molecule has 1 aliphatic carbocycles. The number of primary amides is 1. The molecule has 0 spiro atoms. The quantitative estimate of drug-likeness (QED) is 0.0166. The van der Waals surface area contributed by atoms with E-state index in [1.54, 1.807) is 71.0 Å². The number of likely N-dealkylation sites (tertiary alicyclic amines) is 1. The molecular weight excluding hydrogens is 1270 g/mol. The first-order valence-corrected chi connectivity index (χ1v) is 34.5. The van der Waals surface area contributed by atoms with E-state index in [-0.39, 0.29) is 98.8 Å². The lowest BCUT2D eigenvalue weighted by atomic mass is 9.89. The Kier molecular flexibility index (Phi) is 34.4. The lowest BCUT2D eigenvalue weighted by Gasteiger charge is -2.40. The molecule has 1 unspecified atom stereocenters. The summed E-state index contributed by atoms with van der Waals surface area (Å²) >= 11 is 5.85. The summed E-state index contributed by atoms with van der Waals surface area (Å²) in [7, 11) is 7.64. The van der Waals surface area contributed by atoms with E-state index in [2.05, 4.69) is 38.0 Å². The van der Waals surface area contributed by atoms with Crippen molar-refractivity contribution < 1.29 is 71.7 Å². The van der Waals surface area contributed by atoms with E-state index in [1.807, 2.05) is 51.7 Å². The van der Waals surface area contributed by atoms with Crippen molar-refractivity contribution in [3.8, 4) is 0 Å². The van der Waals surface area contributed by atoms with Crippen molar-refractivity contribution in [3.05, 3.63) is 65.8 Å². The van der Waals surface area contributed by atoms with Crippen molar-refractivity contribution in [1.82, 2.24) is 46.2 Å². The highest BCUT2D eigenvalue weighted by molar-refractivity contribution is 7.80. The minimum atomic E-state index is -1.11. The zero-order chi connectivity index (χ0) is 72.2. The van der Waals surface area contributed by atoms with Crippen molar-refractivity contribution in [1.29, 1.82) is 0 Å². The summed E-state index contributed by atoms with van der Waals surface area (Å²) in [4.78, 5) is 152. The van der Waals surface area contributed by atoms with Crippen molar-refractivity contribution in [2.75, 3.05) is 66.9 Å². The van der Waals surface area contributed by atoms with Crippen molar-refractivity contribution in [3.63, 3.8) is 0 Å². The van der Waals surface area contributed by atoms with E-state index >= 15 is 0 Å². The number of hydrogen-bond acceptors (Lipinski definition) is 16. The number of unbranched alkanes of at least 4 members (excludes halogenated alkanes) is 2. The van der Waals surface area contributed by atoms with Gasteiger partial charge >= 0.3 is 18.1 Å². The lowest BCUT2D eigenvalue weighted by Crippen LogP contribution is -2.60. The monoisotopic (exact) mass is 1380 g/mol. The number of nitrogens with one attached hydrogen (secondary N) is 6. The van der Waals surface area contributed by atoms with Gasteiger partial charge in [0.05, 0.1) is 36.8 Å². The van der Waals surface area contributed by atoms with Crippen LogP contribution >= 0.6 is 12.2 Å². The summed E-state index contributed by atoms with van der Waals surface area (Å²) in [5, 5.41) is 17.0. The van der Waals surface area contributed by atoms with Crippen molar-refractivity contribution in [2.45, 2.75) is 201 Å². The average Bonchev–Trinajstić information content (AvgIpc) is 1.69. The summed E-state index contributed by atoms with van der Waals surface area (Å²) in [6.45, 7) is 17.8. The average molecular weight is 1380 g/mol. The second-order valence-electron chi connectivity index (χ2n) is 26.7. The molecule has 11 atom stereocenters. The Morgan fingerprint density at radius 2 is 1.41 bits per heavy atom. The van der Waals surface area contributed by atoms with Gasteiger partial charge in [-0.1, -0.05) is 123 Å². The van der Waals surface area contributed by atoms with Gasteiger partial charge in [0.1, 0.15) is 36.8 Å². The molecule has 26 nitrogen and oxygen atoms in total. The van der Waals surface area contributed by atoms with Crippen LogP contribution in [-0.4, -0.2) is 200 Å². The molecule has 540 valence electrons. The van der Waals surface area contributed by atoms with Gasteiger partial charge in [-0.25, -0.2) is 14.4 Å². The molecule has 97 heavy (non-hydrogen) atoms. The highest BCUT2D eigenvalue weighted by Crippen LogP contribution is 2.30. The summed E-state index contributed by atoms with van der Waals surface area (Å²) in [5.41, 5.74) is 7.26. The molecule has 1 aromatic rings. The minimum Gasteiger partial charge on any atom is -0.467 e. The minimum absolute atomic E-state index is 0.00300. The third kappa shape index (κ3) is 25.5. The molecule has 2 aliphatic heterocycles. The summed E-state index contributed by atoms with van der Waals surface area (Å²) < 4.78 is 22.9. The number of methoxy groups -OCH3 is 3. The fourth-order valence-corrected chi connectivity index (χ4v) is 12.7. The first kappa shape index (κ1) is 81.6. The van der Waals surface area contributed by atoms with E-state index in [4.69, 9.17) is 36.9 Å². The number of carbonyl (C=O) groups is 11. The van der Waals surface area contributed by atoms with Crippen LogP contribution in [0.3, 0.4) is 0 Å². The Morgan fingerprint density at radius 3 is 1.99 bits per heavy atom. The lowest BCUT2D eigenvalue weighted by molar-refractivity contribution is -0.146. The third-order valence-electron chi connectivity index (χ3n) is 18.4. The smallest absolute Gasteiger partial charge is 0.410 e. The number of imide groups is 1. The predicted octanol–water partition coefficient (Wildman–Crippen LogP) is 6.21. The van der Waals surface area contributed by atoms with Crippen LogP contribution in [0.2, 0.25) is 0 Å². The number of benzene rings is 1. The maximum absolute atomic E-state index is 14.8. The molecule has 2 heterocycles. The Bertz CT molecular complexity index is 2940. The number of amides is 11. The molecule has 27 heteroatoms. The molecule has 4 rings (SSSR count). The molecule has 0 bridgehead atoms. The van der Waals surface area contributed by atoms with Crippen molar-refractivity contribution >= 4 is 88.2 Å². The van der Waals surface area contributed by atoms with Crippen LogP contribution in [0.4, 0.5) is 15.3 Å². The van der Waals surface area contributed by atoms with E-state index in [9.17, 15) is 52.7 Å². The normalized spacial score (nSPS) is 17.6. The predicted molar refractivity (Wildman–Crippen MR) is 372 cm³/mol. The van der Waals surface area contributed by atoms with Crippen LogP contribution in [0.15, 0.2) is 60.2 Å². The molecule has 11 amide bonds. The highest BCUT2D eigenvalue weighted by atomic mass is 32.1. The molecule has 1 aromatic carbocycles. The van der Waals surface area contributed by atoms with Gasteiger partial charge in [0.15, 0.2) is 0 Å². The number of thiocarbonyl (C=S) groups is 1. The molecule has 8 N–H and O–H groups in total. The molecule has 0 aromatic heterocycles. The Labute approximate surface area is 578 Å². The van der Waals surface area contributed by atoms with Crippen molar-refractivity contribution in [2.24, 2.45) is 41.2 Å². The van der Waals surface area contributed by atoms with E-state index in [0.29, 0.717) is 67.9 Å². The van der Waals surface area contributed by atoms with E-state index in [0.717, 1.165) is 29.7 Å². The molecular formula is C70H109N11O15S. The topological polar surface area (TPSA) is 336 Å². The van der Waals surface area contributed by atoms with Gasteiger partial charge in [-0.05, 0) is 105 Å². The van der Waals surface area contributed by atoms with Gasteiger partial charge in [0, 0.05) is 84.7 Å². The largest absolute Gasteiger partial charge is 0.467 e. The van der Waals surface area contributed by atoms with E-state index in [1.165, 1.54) is 38.3 Å². The number of rotatable bonds is 40. The number of esters is 1. The van der Waals surface area contributed by atoms with Crippen LogP contribution in [0.25, 0.3) is 0 Å². The molecule has 3 aliphatic rings.